The Balaban J connectivity index is 0.747. The summed E-state index contributed by atoms with van der Waals surface area (Å²) in [5.41, 5.74) is 6.25. The summed E-state index contributed by atoms with van der Waals surface area (Å²) < 4.78 is 44.2. The van der Waals surface area contributed by atoms with Crippen LogP contribution in [0.15, 0.2) is 54.6 Å². The monoisotopic (exact) mass is 835 g/mol. The molecule has 1 spiro atoms. The lowest BCUT2D eigenvalue weighted by Crippen LogP contribution is -2.54. The van der Waals surface area contributed by atoms with Crippen LogP contribution in [0.1, 0.15) is 100 Å². The molecule has 61 heavy (non-hydrogen) atoms. The summed E-state index contributed by atoms with van der Waals surface area (Å²) in [7, 11) is 0. The first kappa shape index (κ1) is 39.6. The number of aromatic amines is 1. The molecule has 1 unspecified atom stereocenters. The summed E-state index contributed by atoms with van der Waals surface area (Å²) in [5, 5.41) is 3.27. The van der Waals surface area contributed by atoms with Gasteiger partial charge in [-0.3, -0.25) is 44.0 Å². The number of para-hydroxylation sites is 1. The average molecular weight is 836 g/mol. The number of alkyl halides is 2. The number of hydrogen-bond acceptors (Lipinski definition) is 8. The predicted octanol–water partition coefficient (Wildman–Crippen LogP) is 5.53. The molecule has 3 atom stereocenters. The molecule has 6 aliphatic heterocycles. The van der Waals surface area contributed by atoms with Crippen molar-refractivity contribution < 1.29 is 37.1 Å². The summed E-state index contributed by atoms with van der Waals surface area (Å²) >= 11 is 0. The van der Waals surface area contributed by atoms with Crippen LogP contribution in [0.25, 0.3) is 10.9 Å². The van der Waals surface area contributed by atoms with Gasteiger partial charge in [-0.1, -0.05) is 24.3 Å². The number of H-pyrrole nitrogens is 1. The number of rotatable bonds is 7. The van der Waals surface area contributed by atoms with Gasteiger partial charge in [0.2, 0.25) is 17.7 Å². The highest BCUT2D eigenvalue weighted by Gasteiger charge is 2.46. The van der Waals surface area contributed by atoms with Crippen LogP contribution >= 0.6 is 0 Å². The molecule has 5 amide bonds. The molecular weight excluding hydrogens is 788 g/mol. The van der Waals surface area contributed by atoms with Crippen molar-refractivity contribution in [1.82, 2.24) is 29.9 Å². The van der Waals surface area contributed by atoms with Gasteiger partial charge >= 0.3 is 0 Å². The zero-order valence-corrected chi connectivity index (χ0v) is 34.0. The first-order valence-electron chi connectivity index (χ1n) is 21.4. The molecule has 0 bridgehead atoms. The fourth-order valence-corrected chi connectivity index (χ4v) is 11.0. The van der Waals surface area contributed by atoms with Gasteiger partial charge in [-0.05, 0) is 97.9 Å². The topological polar surface area (TPSA) is 129 Å². The van der Waals surface area contributed by atoms with E-state index >= 15 is 4.39 Å². The molecule has 1 aromatic heterocycles. The molecule has 10 rings (SSSR count). The molecule has 3 fully saturated rings. The van der Waals surface area contributed by atoms with Gasteiger partial charge in [0.15, 0.2) is 0 Å². The Bertz CT molecular complexity index is 2440. The number of anilines is 1. The van der Waals surface area contributed by atoms with Crippen LogP contribution in [0.3, 0.4) is 0 Å². The van der Waals surface area contributed by atoms with Gasteiger partial charge < -0.3 is 14.8 Å². The number of fused-ring (bicyclic) bond motifs is 5. The lowest BCUT2D eigenvalue weighted by atomic mass is 9.71. The number of likely N-dealkylation sites (tertiary alicyclic amines) is 1. The number of piperidine rings is 3. The van der Waals surface area contributed by atoms with E-state index in [9.17, 15) is 32.8 Å². The van der Waals surface area contributed by atoms with E-state index in [2.05, 4.69) is 15.2 Å². The number of imide groups is 2. The standard InChI is InChI=1S/C46H48F3N7O5/c1-26-18-32-30-4-2-3-5-36(30)50-41(32)42(55(26)24-38(48)49)31-7-6-29(21-35(31)47)53-14-10-46(11-15-53)12-16-54(17-13-46)40(58)25-52-22-27-19-33-34(20-28(27)23-52)45(61)56(44(33)60)37-8-9-39(57)51-43(37)59/h2-7,19-21,26,37-38,42,50H,8-18,22-25H2,1H3,(H,51,57,59)/t26-,37?,42-/m1/s1. The quantitative estimate of drug-likeness (QED) is 0.233. The van der Waals surface area contributed by atoms with Crippen molar-refractivity contribution in [1.29, 1.82) is 0 Å². The number of carbonyl (C=O) groups excluding carboxylic acids is 5. The molecule has 4 aromatic rings. The Labute approximate surface area is 351 Å². The molecule has 0 radical (unpaired) electrons. The maximum atomic E-state index is 16.3. The second-order valence-corrected chi connectivity index (χ2v) is 17.9. The number of benzene rings is 3. The first-order chi connectivity index (χ1) is 29.4. The van der Waals surface area contributed by atoms with Gasteiger partial charge in [-0.2, -0.15) is 0 Å². The van der Waals surface area contributed by atoms with Crippen molar-refractivity contribution in [2.45, 2.75) is 89.5 Å². The van der Waals surface area contributed by atoms with Gasteiger partial charge in [0.1, 0.15) is 11.9 Å². The molecule has 15 heteroatoms. The Hall–Kier alpha value is -5.54. The van der Waals surface area contributed by atoms with E-state index in [4.69, 9.17) is 0 Å². The van der Waals surface area contributed by atoms with E-state index in [1.807, 2.05) is 47.1 Å². The second-order valence-electron chi connectivity index (χ2n) is 17.9. The zero-order chi connectivity index (χ0) is 42.3. The first-order valence-corrected chi connectivity index (χ1v) is 21.4. The van der Waals surface area contributed by atoms with Crippen molar-refractivity contribution in [2.24, 2.45) is 5.41 Å². The number of hydrogen-bond donors (Lipinski definition) is 2. The summed E-state index contributed by atoms with van der Waals surface area (Å²) in [5.74, 6) is -2.51. The molecular formula is C46H48F3N7O5. The maximum absolute atomic E-state index is 16.3. The largest absolute Gasteiger partial charge is 0.371 e. The van der Waals surface area contributed by atoms with Crippen molar-refractivity contribution in [3.05, 3.63) is 99.5 Å². The molecule has 3 saturated heterocycles. The molecule has 12 nitrogen and oxygen atoms in total. The number of nitrogens with zero attached hydrogens (tertiary/aromatic N) is 5. The van der Waals surface area contributed by atoms with Crippen LogP contribution in [0, 0.1) is 11.2 Å². The Morgan fingerprint density at radius 1 is 0.885 bits per heavy atom. The molecule has 2 N–H and O–H groups in total. The third kappa shape index (κ3) is 6.89. The smallest absolute Gasteiger partial charge is 0.262 e. The second kappa shape index (κ2) is 15.1. The highest BCUT2D eigenvalue weighted by atomic mass is 19.3. The van der Waals surface area contributed by atoms with Crippen molar-refractivity contribution in [3.8, 4) is 0 Å². The number of nitrogens with one attached hydrogen (secondary N) is 2. The Morgan fingerprint density at radius 2 is 1.56 bits per heavy atom. The normalized spacial score (nSPS) is 24.2. The third-order valence-electron chi connectivity index (χ3n) is 14.4. The molecule has 6 aliphatic rings. The van der Waals surface area contributed by atoms with E-state index in [-0.39, 0.29) is 47.9 Å². The summed E-state index contributed by atoms with van der Waals surface area (Å²) in [6.07, 6.45) is 1.81. The van der Waals surface area contributed by atoms with Crippen molar-refractivity contribution in [3.63, 3.8) is 0 Å². The highest BCUT2D eigenvalue weighted by molar-refractivity contribution is 6.23. The number of aromatic nitrogens is 1. The molecule has 0 aliphatic carbocycles. The van der Waals surface area contributed by atoms with Crippen LogP contribution in [0.5, 0.6) is 0 Å². The molecule has 318 valence electrons. The van der Waals surface area contributed by atoms with Crippen molar-refractivity contribution >= 4 is 46.1 Å². The van der Waals surface area contributed by atoms with Crippen molar-refractivity contribution in [2.75, 3.05) is 44.2 Å². The van der Waals surface area contributed by atoms with Crippen LogP contribution in [-0.2, 0) is 33.9 Å². The number of amides is 5. The minimum atomic E-state index is -2.56. The lowest BCUT2D eigenvalue weighted by Gasteiger charge is -2.47. The number of carbonyl (C=O) groups is 5. The third-order valence-corrected chi connectivity index (χ3v) is 14.4. The van der Waals surface area contributed by atoms with Crippen LogP contribution in [0.4, 0.5) is 18.9 Å². The van der Waals surface area contributed by atoms with E-state index < -0.39 is 54.5 Å². The summed E-state index contributed by atoms with van der Waals surface area (Å²) in [6.45, 7) is 5.44. The average Bonchev–Trinajstić information content (AvgIpc) is 3.88. The number of halogens is 3. The minimum Gasteiger partial charge on any atom is -0.371 e. The van der Waals surface area contributed by atoms with Gasteiger partial charge in [0, 0.05) is 79.6 Å². The van der Waals surface area contributed by atoms with Gasteiger partial charge in [0.05, 0.1) is 30.3 Å². The molecule has 0 saturated carbocycles. The zero-order valence-electron chi connectivity index (χ0n) is 34.0. The minimum absolute atomic E-state index is 0.0402. The van der Waals surface area contributed by atoms with Crippen LogP contribution in [0.2, 0.25) is 0 Å². The van der Waals surface area contributed by atoms with Gasteiger partial charge in [-0.25, -0.2) is 13.2 Å². The van der Waals surface area contributed by atoms with E-state index in [1.165, 1.54) is 0 Å². The highest BCUT2D eigenvalue weighted by Crippen LogP contribution is 2.45. The van der Waals surface area contributed by atoms with E-state index in [1.54, 1.807) is 29.2 Å². The van der Waals surface area contributed by atoms with E-state index in [0.717, 1.165) is 82.6 Å². The Kier molecular flexibility index (Phi) is 9.81. The van der Waals surface area contributed by atoms with Gasteiger partial charge in [-0.15, -0.1) is 0 Å². The van der Waals surface area contributed by atoms with E-state index in [0.29, 0.717) is 38.2 Å². The molecule has 3 aromatic carbocycles. The summed E-state index contributed by atoms with van der Waals surface area (Å²) in [4.78, 5) is 76.6. The Morgan fingerprint density at radius 3 is 2.21 bits per heavy atom. The predicted molar refractivity (Wildman–Crippen MR) is 219 cm³/mol. The fraction of sp³-hybridized carbons (Fsp3) is 0.457. The maximum Gasteiger partial charge on any atom is 0.262 e. The fourth-order valence-electron chi connectivity index (χ4n) is 11.0. The molecule has 7 heterocycles. The van der Waals surface area contributed by atoms with Gasteiger partial charge in [0.25, 0.3) is 18.2 Å². The SMILES string of the molecule is C[C@@H]1Cc2c([nH]c3ccccc23)[C@@H](c2ccc(N3CCC4(CCN(C(=O)CN5Cc6cc7c(cc6C5)C(=O)N(C5CCC(=O)NC5=O)C7=O)CC4)CC3)cc2F)N1CC(F)F. The summed E-state index contributed by atoms with van der Waals surface area (Å²) in [6, 6.07) is 14.7. The lowest BCUT2D eigenvalue weighted by molar-refractivity contribution is -0.137. The van der Waals surface area contributed by atoms with Crippen LogP contribution in [-0.4, -0.2) is 112 Å². The van der Waals surface area contributed by atoms with Crippen LogP contribution < -0.4 is 10.2 Å².